The Hall–Kier alpha value is -2.04. The van der Waals surface area contributed by atoms with Gasteiger partial charge in [-0.25, -0.2) is 4.98 Å². The van der Waals surface area contributed by atoms with E-state index in [9.17, 15) is 0 Å². The van der Waals surface area contributed by atoms with Crippen molar-refractivity contribution in [2.75, 3.05) is 18.8 Å². The van der Waals surface area contributed by atoms with Crippen LogP contribution >= 0.6 is 11.6 Å². The number of anilines is 1. The van der Waals surface area contributed by atoms with Crippen LogP contribution in [-0.4, -0.2) is 27.4 Å². The summed E-state index contributed by atoms with van der Waals surface area (Å²) in [6.45, 7) is 3.19. The van der Waals surface area contributed by atoms with Gasteiger partial charge in [0, 0.05) is 29.0 Å². The third kappa shape index (κ3) is 2.80. The lowest BCUT2D eigenvalue weighted by Crippen LogP contribution is -2.20. The number of rotatable bonds is 3. The van der Waals surface area contributed by atoms with E-state index in [0.29, 0.717) is 0 Å². The van der Waals surface area contributed by atoms with Crippen LogP contribution in [0.4, 0.5) is 5.69 Å². The van der Waals surface area contributed by atoms with E-state index < -0.39 is 0 Å². The lowest BCUT2D eigenvalue weighted by atomic mass is 10.1. The van der Waals surface area contributed by atoms with Crippen LogP contribution in [0.1, 0.15) is 18.5 Å². The first-order chi connectivity index (χ1) is 11.2. The summed E-state index contributed by atoms with van der Waals surface area (Å²) in [6, 6.07) is 11.8. The lowest BCUT2D eigenvalue weighted by Gasteiger charge is -2.15. The number of benzene rings is 1. The summed E-state index contributed by atoms with van der Waals surface area (Å²) in [4.78, 5) is 7.31. The van der Waals surface area contributed by atoms with Gasteiger partial charge < -0.3 is 10.1 Å². The number of hydrogen-bond donors (Lipinski definition) is 1. The van der Waals surface area contributed by atoms with Crippen molar-refractivity contribution in [3.63, 3.8) is 0 Å². The Labute approximate surface area is 140 Å². The topological polar surface area (TPSA) is 46.6 Å². The van der Waals surface area contributed by atoms with Gasteiger partial charge in [-0.2, -0.15) is 0 Å². The molecule has 1 fully saturated rings. The molecule has 1 aliphatic rings. The van der Waals surface area contributed by atoms with Gasteiger partial charge in [-0.1, -0.05) is 23.7 Å². The number of imidazole rings is 1. The molecule has 1 saturated heterocycles. The van der Waals surface area contributed by atoms with E-state index in [1.807, 2.05) is 42.6 Å². The number of nitrogens with two attached hydrogens (primary N) is 1. The Morgan fingerprint density at radius 3 is 2.52 bits per heavy atom. The van der Waals surface area contributed by atoms with Gasteiger partial charge in [0.1, 0.15) is 5.65 Å². The second kappa shape index (κ2) is 5.87. The van der Waals surface area contributed by atoms with Gasteiger partial charge in [0.2, 0.25) is 0 Å². The smallest absolute Gasteiger partial charge is 0.137 e. The van der Waals surface area contributed by atoms with Crippen molar-refractivity contribution >= 4 is 22.9 Å². The predicted molar refractivity (Wildman–Crippen MR) is 94.6 cm³/mol. The average Bonchev–Trinajstić information content (AvgIpc) is 3.17. The number of halogens is 1. The second-order valence-electron chi connectivity index (χ2n) is 6.09. The number of pyridine rings is 1. The Bertz CT molecular complexity index is 832. The van der Waals surface area contributed by atoms with Gasteiger partial charge in [0.05, 0.1) is 11.4 Å². The summed E-state index contributed by atoms with van der Waals surface area (Å²) in [7, 11) is 0. The molecule has 23 heavy (non-hydrogen) atoms. The molecule has 3 heterocycles. The third-order valence-corrected chi connectivity index (χ3v) is 4.68. The number of nitrogen functional groups attached to an aromatic ring is 1. The van der Waals surface area contributed by atoms with E-state index in [0.717, 1.165) is 47.2 Å². The SMILES string of the molecule is Nc1ccc2nc(-c3ccc(Cl)cc3)c(CN3CCCC3)n2c1. The molecule has 0 spiro atoms. The Balaban J connectivity index is 1.85. The number of nitrogens with zero attached hydrogens (tertiary/aromatic N) is 3. The zero-order chi connectivity index (χ0) is 15.8. The minimum atomic E-state index is 0.739. The summed E-state index contributed by atoms with van der Waals surface area (Å²) in [5.41, 5.74) is 11.0. The maximum Gasteiger partial charge on any atom is 0.137 e. The largest absolute Gasteiger partial charge is 0.398 e. The number of hydrogen-bond acceptors (Lipinski definition) is 3. The molecule has 0 amide bonds. The maximum absolute atomic E-state index is 6.03. The van der Waals surface area contributed by atoms with Gasteiger partial charge >= 0.3 is 0 Å². The standard InChI is InChI=1S/C18H19ClN4/c19-14-5-3-13(4-6-14)18-16(12-22-9-1-2-10-22)23-11-15(20)7-8-17(23)21-18/h3-8,11H,1-2,9-10,12,20H2. The highest BCUT2D eigenvalue weighted by molar-refractivity contribution is 6.30. The number of aromatic nitrogens is 2. The maximum atomic E-state index is 6.03. The summed E-state index contributed by atoms with van der Waals surface area (Å²) < 4.78 is 2.12. The monoisotopic (exact) mass is 326 g/mol. The molecular weight excluding hydrogens is 308 g/mol. The molecule has 0 atom stereocenters. The quantitative estimate of drug-likeness (QED) is 0.795. The Kier molecular flexibility index (Phi) is 3.71. The molecule has 3 aromatic rings. The molecular formula is C18H19ClN4. The van der Waals surface area contributed by atoms with E-state index in [4.69, 9.17) is 22.3 Å². The van der Waals surface area contributed by atoms with Crippen molar-refractivity contribution in [3.05, 3.63) is 53.3 Å². The zero-order valence-electron chi connectivity index (χ0n) is 12.9. The molecule has 5 heteroatoms. The fraction of sp³-hybridized carbons (Fsp3) is 0.278. The molecule has 118 valence electrons. The van der Waals surface area contributed by atoms with E-state index in [1.165, 1.54) is 18.5 Å². The molecule has 0 radical (unpaired) electrons. The first-order valence-electron chi connectivity index (χ1n) is 7.95. The highest BCUT2D eigenvalue weighted by atomic mass is 35.5. The van der Waals surface area contributed by atoms with Crippen LogP contribution < -0.4 is 5.73 Å². The lowest BCUT2D eigenvalue weighted by molar-refractivity contribution is 0.327. The fourth-order valence-electron chi connectivity index (χ4n) is 3.25. The molecule has 2 aromatic heterocycles. The predicted octanol–water partition coefficient (Wildman–Crippen LogP) is 3.83. The minimum absolute atomic E-state index is 0.739. The number of likely N-dealkylation sites (tertiary alicyclic amines) is 1. The van der Waals surface area contributed by atoms with E-state index >= 15 is 0 Å². The zero-order valence-corrected chi connectivity index (χ0v) is 13.6. The summed E-state index contributed by atoms with van der Waals surface area (Å²) in [5, 5.41) is 0.739. The van der Waals surface area contributed by atoms with Gasteiger partial charge in [0.25, 0.3) is 0 Å². The van der Waals surface area contributed by atoms with Crippen molar-refractivity contribution < 1.29 is 0 Å². The summed E-state index contributed by atoms with van der Waals surface area (Å²) in [5.74, 6) is 0. The molecule has 4 rings (SSSR count). The number of fused-ring (bicyclic) bond motifs is 1. The average molecular weight is 327 g/mol. The van der Waals surface area contributed by atoms with Crippen molar-refractivity contribution in [2.24, 2.45) is 0 Å². The molecule has 0 unspecified atom stereocenters. The van der Waals surface area contributed by atoms with E-state index in [1.54, 1.807) is 0 Å². The van der Waals surface area contributed by atoms with Crippen LogP contribution in [0.2, 0.25) is 5.02 Å². The summed E-state index contributed by atoms with van der Waals surface area (Å²) >= 11 is 6.03. The first-order valence-corrected chi connectivity index (χ1v) is 8.33. The van der Waals surface area contributed by atoms with Gasteiger partial charge in [-0.05, 0) is 50.2 Å². The minimum Gasteiger partial charge on any atom is -0.398 e. The highest BCUT2D eigenvalue weighted by Crippen LogP contribution is 2.28. The first kappa shape index (κ1) is 14.5. The van der Waals surface area contributed by atoms with Crippen LogP contribution in [-0.2, 0) is 6.54 Å². The fourth-order valence-corrected chi connectivity index (χ4v) is 3.38. The van der Waals surface area contributed by atoms with Crippen molar-refractivity contribution in [1.29, 1.82) is 0 Å². The van der Waals surface area contributed by atoms with Gasteiger partial charge in [-0.3, -0.25) is 4.90 Å². The normalized spacial score (nSPS) is 15.5. The van der Waals surface area contributed by atoms with E-state index in [2.05, 4.69) is 9.30 Å². The molecule has 1 aromatic carbocycles. The Morgan fingerprint density at radius 1 is 1.04 bits per heavy atom. The van der Waals surface area contributed by atoms with Crippen molar-refractivity contribution in [1.82, 2.24) is 14.3 Å². The van der Waals surface area contributed by atoms with Crippen molar-refractivity contribution in [2.45, 2.75) is 19.4 Å². The van der Waals surface area contributed by atoms with Crippen LogP contribution in [0.5, 0.6) is 0 Å². The van der Waals surface area contributed by atoms with Crippen LogP contribution in [0.25, 0.3) is 16.9 Å². The van der Waals surface area contributed by atoms with Crippen molar-refractivity contribution in [3.8, 4) is 11.3 Å². The molecule has 0 aliphatic carbocycles. The van der Waals surface area contributed by atoms with Crippen LogP contribution in [0, 0.1) is 0 Å². The van der Waals surface area contributed by atoms with Crippen LogP contribution in [0.15, 0.2) is 42.6 Å². The molecule has 2 N–H and O–H groups in total. The molecule has 0 bridgehead atoms. The molecule has 0 saturated carbocycles. The summed E-state index contributed by atoms with van der Waals surface area (Å²) in [6.07, 6.45) is 4.51. The Morgan fingerprint density at radius 2 is 1.78 bits per heavy atom. The third-order valence-electron chi connectivity index (χ3n) is 4.43. The van der Waals surface area contributed by atoms with Gasteiger partial charge in [-0.15, -0.1) is 0 Å². The van der Waals surface area contributed by atoms with Crippen LogP contribution in [0.3, 0.4) is 0 Å². The van der Waals surface area contributed by atoms with E-state index in [-0.39, 0.29) is 0 Å². The highest BCUT2D eigenvalue weighted by Gasteiger charge is 2.19. The van der Waals surface area contributed by atoms with Gasteiger partial charge in [0.15, 0.2) is 0 Å². The second-order valence-corrected chi connectivity index (χ2v) is 6.52. The molecule has 4 nitrogen and oxygen atoms in total. The molecule has 1 aliphatic heterocycles.